The Morgan fingerprint density at radius 2 is 2.22 bits per heavy atom. The minimum atomic E-state index is 0.0471. The molecule has 6 nitrogen and oxygen atoms in total. The molecular weight excluding hydrogens is 230 g/mol. The van der Waals surface area contributed by atoms with E-state index in [1.165, 1.54) is 0 Å². The van der Waals surface area contributed by atoms with Crippen molar-refractivity contribution in [2.75, 3.05) is 18.2 Å². The molecule has 0 aliphatic rings. The number of hydrogen-bond donors (Lipinski definition) is 2. The van der Waals surface area contributed by atoms with Gasteiger partial charge in [-0.15, -0.1) is 10.2 Å². The Morgan fingerprint density at radius 3 is 2.83 bits per heavy atom. The molecule has 18 heavy (non-hydrogen) atoms. The van der Waals surface area contributed by atoms with Gasteiger partial charge in [0.2, 0.25) is 0 Å². The summed E-state index contributed by atoms with van der Waals surface area (Å²) in [7, 11) is 3.51. The van der Waals surface area contributed by atoms with Gasteiger partial charge in [-0.05, 0) is 19.1 Å². The summed E-state index contributed by atoms with van der Waals surface area (Å²) in [4.78, 5) is 0. The first-order valence-electron chi connectivity index (χ1n) is 5.65. The van der Waals surface area contributed by atoms with Crippen LogP contribution in [0.5, 0.6) is 5.75 Å². The van der Waals surface area contributed by atoms with Crippen LogP contribution in [-0.2, 0) is 7.05 Å². The topological polar surface area (TPSA) is 78.0 Å². The molecule has 0 amide bonds. The van der Waals surface area contributed by atoms with Crippen LogP contribution in [0.25, 0.3) is 0 Å². The van der Waals surface area contributed by atoms with Gasteiger partial charge in [0.15, 0.2) is 5.82 Å². The van der Waals surface area contributed by atoms with Crippen LogP contribution in [0.4, 0.5) is 11.4 Å². The van der Waals surface area contributed by atoms with Gasteiger partial charge in [0.1, 0.15) is 12.1 Å². The van der Waals surface area contributed by atoms with Gasteiger partial charge in [-0.25, -0.2) is 0 Å². The third-order valence-electron chi connectivity index (χ3n) is 2.75. The lowest BCUT2D eigenvalue weighted by molar-refractivity contribution is 0.417. The van der Waals surface area contributed by atoms with Crippen LogP contribution in [0.1, 0.15) is 18.8 Å². The number of nitrogens with zero attached hydrogens (tertiary/aromatic N) is 3. The van der Waals surface area contributed by atoms with E-state index in [2.05, 4.69) is 15.5 Å². The lowest BCUT2D eigenvalue weighted by atomic mass is 10.2. The number of nitrogens with one attached hydrogen (secondary N) is 1. The van der Waals surface area contributed by atoms with Crippen LogP contribution in [0.2, 0.25) is 0 Å². The number of hydrogen-bond acceptors (Lipinski definition) is 5. The molecule has 0 fully saturated rings. The Balaban J connectivity index is 2.17. The first-order chi connectivity index (χ1) is 8.61. The van der Waals surface area contributed by atoms with Crippen molar-refractivity contribution in [2.24, 2.45) is 7.05 Å². The van der Waals surface area contributed by atoms with Crippen molar-refractivity contribution in [3.8, 4) is 5.75 Å². The molecule has 0 spiro atoms. The molecule has 1 heterocycles. The monoisotopic (exact) mass is 247 g/mol. The summed E-state index contributed by atoms with van der Waals surface area (Å²) in [6.45, 7) is 2.02. The van der Waals surface area contributed by atoms with Crippen LogP contribution >= 0.6 is 0 Å². The molecule has 0 aliphatic carbocycles. The van der Waals surface area contributed by atoms with Gasteiger partial charge in [0, 0.05) is 18.8 Å². The Kier molecular flexibility index (Phi) is 3.36. The lowest BCUT2D eigenvalue weighted by Gasteiger charge is -2.15. The molecule has 96 valence electrons. The van der Waals surface area contributed by atoms with E-state index >= 15 is 0 Å². The van der Waals surface area contributed by atoms with Crippen molar-refractivity contribution in [3.63, 3.8) is 0 Å². The fraction of sp³-hybridized carbons (Fsp3) is 0.333. The molecule has 1 atom stereocenters. The number of rotatable bonds is 4. The van der Waals surface area contributed by atoms with Crippen molar-refractivity contribution >= 4 is 11.4 Å². The molecule has 0 radical (unpaired) electrons. The van der Waals surface area contributed by atoms with Crippen LogP contribution in [0, 0.1) is 0 Å². The van der Waals surface area contributed by atoms with Gasteiger partial charge in [-0.1, -0.05) is 0 Å². The van der Waals surface area contributed by atoms with Crippen LogP contribution in [-0.4, -0.2) is 21.9 Å². The van der Waals surface area contributed by atoms with E-state index in [1.54, 1.807) is 13.4 Å². The predicted molar refractivity (Wildman–Crippen MR) is 70.4 cm³/mol. The first kappa shape index (κ1) is 12.2. The van der Waals surface area contributed by atoms with E-state index in [9.17, 15) is 0 Å². The highest BCUT2D eigenvalue weighted by molar-refractivity contribution is 5.61. The van der Waals surface area contributed by atoms with Crippen molar-refractivity contribution in [3.05, 3.63) is 30.4 Å². The summed E-state index contributed by atoms with van der Waals surface area (Å²) in [6.07, 6.45) is 1.68. The van der Waals surface area contributed by atoms with Gasteiger partial charge in [-0.2, -0.15) is 0 Å². The van der Waals surface area contributed by atoms with Crippen LogP contribution in [0.3, 0.4) is 0 Å². The molecule has 0 saturated carbocycles. The third kappa shape index (κ3) is 2.37. The highest BCUT2D eigenvalue weighted by Gasteiger charge is 2.11. The standard InChI is InChI=1S/C12H17N5O/c1-8(12-16-14-7-17(12)2)15-9-4-5-10(13)11(6-9)18-3/h4-8,15H,13H2,1-3H3. The molecular formula is C12H17N5O. The summed E-state index contributed by atoms with van der Waals surface area (Å²) >= 11 is 0. The van der Waals surface area contributed by atoms with E-state index in [1.807, 2.05) is 36.7 Å². The first-order valence-corrected chi connectivity index (χ1v) is 5.65. The zero-order valence-corrected chi connectivity index (χ0v) is 10.7. The van der Waals surface area contributed by atoms with Gasteiger partial charge < -0.3 is 20.4 Å². The maximum absolute atomic E-state index is 5.77. The molecule has 1 aromatic carbocycles. The minimum Gasteiger partial charge on any atom is -0.495 e. The smallest absolute Gasteiger partial charge is 0.154 e. The number of nitrogens with two attached hydrogens (primary N) is 1. The van der Waals surface area contributed by atoms with Crippen molar-refractivity contribution in [1.82, 2.24) is 14.8 Å². The Morgan fingerprint density at radius 1 is 1.44 bits per heavy atom. The maximum atomic E-state index is 5.77. The second-order valence-electron chi connectivity index (χ2n) is 4.12. The number of benzene rings is 1. The van der Waals surface area contributed by atoms with Crippen molar-refractivity contribution in [1.29, 1.82) is 0 Å². The Labute approximate surface area is 106 Å². The van der Waals surface area contributed by atoms with E-state index in [0.29, 0.717) is 11.4 Å². The average molecular weight is 247 g/mol. The summed E-state index contributed by atoms with van der Waals surface area (Å²) in [5.41, 5.74) is 7.32. The molecule has 2 aromatic rings. The SMILES string of the molecule is COc1cc(NC(C)c2nncn2C)ccc1N. The second-order valence-corrected chi connectivity index (χ2v) is 4.12. The lowest BCUT2D eigenvalue weighted by Crippen LogP contribution is -2.12. The molecule has 6 heteroatoms. The van der Waals surface area contributed by atoms with Crippen LogP contribution < -0.4 is 15.8 Å². The summed E-state index contributed by atoms with van der Waals surface area (Å²) < 4.78 is 7.06. The van der Waals surface area contributed by atoms with E-state index in [4.69, 9.17) is 10.5 Å². The number of aryl methyl sites for hydroxylation is 1. The Bertz CT molecular complexity index is 537. The zero-order valence-electron chi connectivity index (χ0n) is 10.7. The molecule has 0 aliphatic heterocycles. The van der Waals surface area contributed by atoms with Gasteiger partial charge in [-0.3, -0.25) is 0 Å². The summed E-state index contributed by atoms with van der Waals surface area (Å²) in [5, 5.41) is 11.3. The van der Waals surface area contributed by atoms with Gasteiger partial charge in [0.05, 0.1) is 18.8 Å². The van der Waals surface area contributed by atoms with E-state index in [0.717, 1.165) is 11.5 Å². The molecule has 1 aromatic heterocycles. The fourth-order valence-corrected chi connectivity index (χ4v) is 1.80. The number of ether oxygens (including phenoxy) is 1. The van der Waals surface area contributed by atoms with Crippen molar-refractivity contribution < 1.29 is 4.74 Å². The van der Waals surface area contributed by atoms with Gasteiger partial charge in [0.25, 0.3) is 0 Å². The number of methoxy groups -OCH3 is 1. The molecule has 0 saturated heterocycles. The maximum Gasteiger partial charge on any atom is 0.154 e. The number of nitrogen functional groups attached to an aromatic ring is 1. The van der Waals surface area contributed by atoms with E-state index < -0.39 is 0 Å². The molecule has 0 bridgehead atoms. The second kappa shape index (κ2) is 4.95. The zero-order chi connectivity index (χ0) is 13.1. The Hall–Kier alpha value is -2.24. The number of aromatic nitrogens is 3. The molecule has 2 rings (SSSR count). The largest absolute Gasteiger partial charge is 0.495 e. The van der Waals surface area contributed by atoms with Gasteiger partial charge >= 0.3 is 0 Å². The highest BCUT2D eigenvalue weighted by atomic mass is 16.5. The number of anilines is 2. The summed E-state index contributed by atoms with van der Waals surface area (Å²) in [6, 6.07) is 5.63. The van der Waals surface area contributed by atoms with E-state index in [-0.39, 0.29) is 6.04 Å². The fourth-order valence-electron chi connectivity index (χ4n) is 1.80. The third-order valence-corrected chi connectivity index (χ3v) is 2.75. The molecule has 3 N–H and O–H groups in total. The average Bonchev–Trinajstić information content (AvgIpc) is 2.78. The predicted octanol–water partition coefficient (Wildman–Crippen LogP) is 1.58. The normalized spacial score (nSPS) is 12.2. The minimum absolute atomic E-state index is 0.0471. The summed E-state index contributed by atoms with van der Waals surface area (Å²) in [5.74, 6) is 1.52. The molecule has 1 unspecified atom stereocenters. The van der Waals surface area contributed by atoms with Crippen LogP contribution in [0.15, 0.2) is 24.5 Å². The quantitative estimate of drug-likeness (QED) is 0.802. The highest BCUT2D eigenvalue weighted by Crippen LogP contribution is 2.27. The van der Waals surface area contributed by atoms with Crippen molar-refractivity contribution in [2.45, 2.75) is 13.0 Å².